The number of esters is 1. The van der Waals surface area contributed by atoms with Crippen LogP contribution in [0, 0.1) is 0 Å². The van der Waals surface area contributed by atoms with E-state index < -0.39 is 29.8 Å². The Bertz CT molecular complexity index is 1060. The Balaban J connectivity index is 1.59. The first-order valence-corrected chi connectivity index (χ1v) is 11.4. The first-order valence-electron chi connectivity index (χ1n) is 11.4. The molecule has 0 aromatic heterocycles. The number of likely N-dealkylation sites (N-methyl/N-ethyl adjacent to an activating group) is 1. The maximum Gasteiger partial charge on any atom is 0.317 e. The van der Waals surface area contributed by atoms with Crippen LogP contribution in [0.25, 0.3) is 0 Å². The van der Waals surface area contributed by atoms with Crippen LogP contribution in [0.5, 0.6) is 5.75 Å². The number of methoxy groups -OCH3 is 1. The number of hydrogen-bond acceptors (Lipinski definition) is 6. The molecule has 0 unspecified atom stereocenters. The van der Waals surface area contributed by atoms with Gasteiger partial charge in [-0.25, -0.2) is 0 Å². The third-order valence-electron chi connectivity index (χ3n) is 6.27. The number of nitrogens with one attached hydrogen (secondary N) is 1. The van der Waals surface area contributed by atoms with Gasteiger partial charge >= 0.3 is 5.97 Å². The number of carbonyl (C=O) groups excluding carboxylic acids is 4. The van der Waals surface area contributed by atoms with Crippen molar-refractivity contribution in [3.8, 4) is 5.75 Å². The predicted molar refractivity (Wildman–Crippen MR) is 130 cm³/mol. The van der Waals surface area contributed by atoms with Gasteiger partial charge in [0.1, 0.15) is 5.75 Å². The van der Waals surface area contributed by atoms with Gasteiger partial charge in [0.15, 0.2) is 6.61 Å². The minimum atomic E-state index is -0.935. The van der Waals surface area contributed by atoms with Crippen molar-refractivity contribution in [2.75, 3.05) is 45.7 Å². The quantitative estimate of drug-likeness (QED) is 0.580. The summed E-state index contributed by atoms with van der Waals surface area (Å²) in [5, 5.41) is 2.71. The molecule has 1 fully saturated rings. The minimum Gasteiger partial charge on any atom is -0.497 e. The van der Waals surface area contributed by atoms with E-state index in [1.54, 1.807) is 29.2 Å². The molecule has 3 rings (SSSR count). The van der Waals surface area contributed by atoms with Crippen LogP contribution in [0.1, 0.15) is 25.3 Å². The number of anilines is 1. The fourth-order valence-electron chi connectivity index (χ4n) is 4.15. The van der Waals surface area contributed by atoms with Gasteiger partial charge in [-0.3, -0.25) is 19.2 Å². The first kappa shape index (κ1) is 25.7. The number of ether oxygens (including phenoxy) is 2. The first-order chi connectivity index (χ1) is 16.7. The molecule has 0 bridgehead atoms. The van der Waals surface area contributed by atoms with E-state index in [1.165, 1.54) is 26.0 Å². The molecule has 0 saturated carbocycles. The molecule has 1 aliphatic rings. The molecule has 0 spiro atoms. The summed E-state index contributed by atoms with van der Waals surface area (Å²) < 4.78 is 10.6. The Labute approximate surface area is 205 Å². The summed E-state index contributed by atoms with van der Waals surface area (Å²) >= 11 is 0. The fourth-order valence-corrected chi connectivity index (χ4v) is 4.15. The molecule has 1 N–H and O–H groups in total. The number of nitrogens with zero attached hydrogens (tertiary/aromatic N) is 2. The van der Waals surface area contributed by atoms with Crippen molar-refractivity contribution in [1.82, 2.24) is 9.80 Å². The molecular weight excluding hydrogens is 450 g/mol. The van der Waals surface area contributed by atoms with Crippen LogP contribution in [0.3, 0.4) is 0 Å². The third-order valence-corrected chi connectivity index (χ3v) is 6.27. The van der Waals surface area contributed by atoms with Crippen LogP contribution in [0.4, 0.5) is 5.69 Å². The van der Waals surface area contributed by atoms with E-state index in [0.29, 0.717) is 37.4 Å². The zero-order valence-corrected chi connectivity index (χ0v) is 20.3. The largest absolute Gasteiger partial charge is 0.497 e. The molecular formula is C26H31N3O6. The molecule has 9 heteroatoms. The maximum atomic E-state index is 13.3. The minimum absolute atomic E-state index is 0.0379. The van der Waals surface area contributed by atoms with Crippen molar-refractivity contribution in [3.05, 3.63) is 60.2 Å². The standard InChI is InChI=1S/C26H31N3O6/c1-19(30)29-14-12-26(13-15-29,20-8-5-4-6-9-20)25(33)35-18-24(32)28(2)17-23(31)27-21-10-7-11-22(16-21)34-3/h4-11,16H,12-15,17-18H2,1-3H3,(H,27,31). The van der Waals surface area contributed by atoms with E-state index >= 15 is 0 Å². The van der Waals surface area contributed by atoms with E-state index in [9.17, 15) is 19.2 Å². The third kappa shape index (κ3) is 6.38. The summed E-state index contributed by atoms with van der Waals surface area (Å²) in [6, 6.07) is 16.2. The lowest BCUT2D eigenvalue weighted by molar-refractivity contribution is -0.159. The average molecular weight is 482 g/mol. The highest BCUT2D eigenvalue weighted by molar-refractivity contribution is 5.95. The number of benzene rings is 2. The summed E-state index contributed by atoms with van der Waals surface area (Å²) in [5.41, 5.74) is 0.408. The van der Waals surface area contributed by atoms with Crippen LogP contribution in [-0.2, 0) is 29.3 Å². The number of amides is 3. The summed E-state index contributed by atoms with van der Waals surface area (Å²) in [5.74, 6) is -0.833. The monoisotopic (exact) mass is 481 g/mol. The molecule has 9 nitrogen and oxygen atoms in total. The lowest BCUT2D eigenvalue weighted by Crippen LogP contribution is -2.49. The molecule has 2 aromatic rings. The number of piperidine rings is 1. The lowest BCUT2D eigenvalue weighted by Gasteiger charge is -2.40. The Morgan fingerprint density at radius 3 is 2.34 bits per heavy atom. The van der Waals surface area contributed by atoms with Crippen molar-refractivity contribution in [1.29, 1.82) is 0 Å². The molecule has 0 aliphatic carbocycles. The van der Waals surface area contributed by atoms with Crippen LogP contribution in [0.2, 0.25) is 0 Å². The Morgan fingerprint density at radius 1 is 1.03 bits per heavy atom. The van der Waals surface area contributed by atoms with Gasteiger partial charge in [0.2, 0.25) is 11.8 Å². The van der Waals surface area contributed by atoms with E-state index in [2.05, 4.69) is 5.32 Å². The lowest BCUT2D eigenvalue weighted by atomic mass is 9.72. The van der Waals surface area contributed by atoms with E-state index in [0.717, 1.165) is 5.56 Å². The van der Waals surface area contributed by atoms with Gasteiger partial charge in [0.25, 0.3) is 5.91 Å². The number of hydrogen-bond donors (Lipinski definition) is 1. The molecule has 35 heavy (non-hydrogen) atoms. The second-order valence-electron chi connectivity index (χ2n) is 8.56. The van der Waals surface area contributed by atoms with Crippen LogP contribution in [0.15, 0.2) is 54.6 Å². The van der Waals surface area contributed by atoms with E-state index in [-0.39, 0.29) is 12.5 Å². The second kappa shape index (κ2) is 11.5. The van der Waals surface area contributed by atoms with Gasteiger partial charge < -0.3 is 24.6 Å². The van der Waals surface area contributed by atoms with Crippen molar-refractivity contribution in [3.63, 3.8) is 0 Å². The van der Waals surface area contributed by atoms with Crippen LogP contribution >= 0.6 is 0 Å². The Hall–Kier alpha value is -3.88. The fraction of sp³-hybridized carbons (Fsp3) is 0.385. The number of likely N-dealkylation sites (tertiary alicyclic amines) is 1. The van der Waals surface area contributed by atoms with Crippen molar-refractivity contribution in [2.45, 2.75) is 25.2 Å². The van der Waals surface area contributed by atoms with Gasteiger partial charge in [-0.2, -0.15) is 0 Å². The maximum absolute atomic E-state index is 13.3. The molecule has 1 aliphatic heterocycles. The van der Waals surface area contributed by atoms with Gasteiger partial charge in [-0.15, -0.1) is 0 Å². The van der Waals surface area contributed by atoms with Crippen molar-refractivity contribution in [2.24, 2.45) is 0 Å². The highest BCUT2D eigenvalue weighted by Crippen LogP contribution is 2.37. The molecule has 2 aromatic carbocycles. The number of carbonyl (C=O) groups is 4. The highest BCUT2D eigenvalue weighted by atomic mass is 16.5. The molecule has 1 saturated heterocycles. The second-order valence-corrected chi connectivity index (χ2v) is 8.56. The van der Waals surface area contributed by atoms with Gasteiger partial charge in [-0.1, -0.05) is 36.4 Å². The van der Waals surface area contributed by atoms with Crippen molar-refractivity contribution < 1.29 is 28.7 Å². The summed E-state index contributed by atoms with van der Waals surface area (Å²) in [4.78, 5) is 52.9. The van der Waals surface area contributed by atoms with E-state index in [1.807, 2.05) is 30.3 Å². The smallest absolute Gasteiger partial charge is 0.317 e. The van der Waals surface area contributed by atoms with Gasteiger partial charge in [-0.05, 0) is 30.5 Å². The molecule has 1 heterocycles. The predicted octanol–water partition coefficient (Wildman–Crippen LogP) is 2.22. The zero-order valence-electron chi connectivity index (χ0n) is 20.3. The van der Waals surface area contributed by atoms with E-state index in [4.69, 9.17) is 9.47 Å². The molecule has 0 radical (unpaired) electrons. The zero-order chi connectivity index (χ0) is 25.4. The summed E-state index contributed by atoms with van der Waals surface area (Å²) in [7, 11) is 3.00. The van der Waals surface area contributed by atoms with Crippen LogP contribution in [-0.4, -0.2) is 73.9 Å². The SMILES string of the molecule is COc1cccc(NC(=O)CN(C)C(=O)COC(=O)C2(c3ccccc3)CCN(C(C)=O)CC2)c1. The molecule has 0 atom stereocenters. The van der Waals surface area contributed by atoms with Crippen molar-refractivity contribution >= 4 is 29.4 Å². The Kier molecular flexibility index (Phi) is 8.46. The summed E-state index contributed by atoms with van der Waals surface area (Å²) in [6.45, 7) is 1.68. The summed E-state index contributed by atoms with van der Waals surface area (Å²) in [6.07, 6.45) is 0.810. The topological polar surface area (TPSA) is 105 Å². The van der Waals surface area contributed by atoms with Gasteiger partial charge in [0.05, 0.1) is 19.1 Å². The van der Waals surface area contributed by atoms with Crippen LogP contribution < -0.4 is 10.1 Å². The number of rotatable bonds is 8. The molecule has 3 amide bonds. The van der Waals surface area contributed by atoms with Gasteiger partial charge in [0, 0.05) is 38.8 Å². The average Bonchev–Trinajstić information content (AvgIpc) is 2.87. The molecule has 186 valence electrons. The normalized spacial score (nSPS) is 14.5. The Morgan fingerprint density at radius 2 is 1.71 bits per heavy atom. The highest BCUT2D eigenvalue weighted by Gasteiger charge is 2.45.